The predicted octanol–water partition coefficient (Wildman–Crippen LogP) is 2.97. The fourth-order valence-corrected chi connectivity index (χ4v) is 3.16. The summed E-state index contributed by atoms with van der Waals surface area (Å²) in [6.07, 6.45) is 0. The molecule has 0 spiro atoms. The molecule has 1 aromatic heterocycles. The highest BCUT2D eigenvalue weighted by Crippen LogP contribution is 2.23. The molecule has 5 nitrogen and oxygen atoms in total. The van der Waals surface area contributed by atoms with Crippen LogP contribution in [0.2, 0.25) is 0 Å². The Kier molecular flexibility index (Phi) is 4.90. The number of carbonyl (C=O) groups excluding carboxylic acids is 1. The molecular formula is C19H24N2O3. The Morgan fingerprint density at radius 3 is 2.50 bits per heavy atom. The van der Waals surface area contributed by atoms with Crippen molar-refractivity contribution >= 4 is 11.6 Å². The predicted molar refractivity (Wildman–Crippen MR) is 93.6 cm³/mol. The first-order chi connectivity index (χ1) is 11.6. The molecule has 1 fully saturated rings. The molecule has 0 atom stereocenters. The highest BCUT2D eigenvalue weighted by Gasteiger charge is 2.19. The number of furan rings is 1. The fraction of sp³-hybridized carbons (Fsp3) is 0.421. The number of aryl methyl sites for hydroxylation is 2. The Hall–Kier alpha value is -2.27. The Bertz CT molecular complexity index is 730. The first kappa shape index (κ1) is 16.6. The van der Waals surface area contributed by atoms with Gasteiger partial charge in [0, 0.05) is 30.9 Å². The van der Waals surface area contributed by atoms with Crippen molar-refractivity contribution < 1.29 is 13.9 Å². The summed E-state index contributed by atoms with van der Waals surface area (Å²) >= 11 is 0. The molecule has 1 aromatic carbocycles. The minimum atomic E-state index is -0.0846. The van der Waals surface area contributed by atoms with E-state index in [0.29, 0.717) is 17.9 Å². The number of carbonyl (C=O) groups is 1. The van der Waals surface area contributed by atoms with Gasteiger partial charge in [-0.15, -0.1) is 0 Å². The molecule has 0 unspecified atom stereocenters. The zero-order valence-corrected chi connectivity index (χ0v) is 14.5. The maximum Gasteiger partial charge on any atom is 0.255 e. The molecule has 0 aliphatic carbocycles. The number of morpholine rings is 1. The number of nitrogens with zero attached hydrogens (tertiary/aromatic N) is 1. The highest BCUT2D eigenvalue weighted by atomic mass is 16.5. The maximum atomic E-state index is 12.6. The second-order valence-corrected chi connectivity index (χ2v) is 6.13. The Morgan fingerprint density at radius 1 is 1.12 bits per heavy atom. The minimum absolute atomic E-state index is 0.0846. The third kappa shape index (κ3) is 3.31. The van der Waals surface area contributed by atoms with E-state index in [1.807, 2.05) is 32.9 Å². The zero-order valence-electron chi connectivity index (χ0n) is 14.5. The van der Waals surface area contributed by atoms with Crippen molar-refractivity contribution in [3.05, 3.63) is 52.5 Å². The van der Waals surface area contributed by atoms with Gasteiger partial charge >= 0.3 is 0 Å². The molecule has 0 saturated carbocycles. The summed E-state index contributed by atoms with van der Waals surface area (Å²) in [5.41, 5.74) is 3.84. The lowest BCUT2D eigenvalue weighted by atomic mass is 10.1. The van der Waals surface area contributed by atoms with Crippen molar-refractivity contribution in [3.63, 3.8) is 0 Å². The summed E-state index contributed by atoms with van der Waals surface area (Å²) in [5.74, 6) is 1.38. The number of rotatable bonds is 4. The molecule has 5 heteroatoms. The van der Waals surface area contributed by atoms with Gasteiger partial charge < -0.3 is 19.4 Å². The SMILES string of the molecule is Cc1oc(C)c(C(=O)NCc2ccccc2N2CCOCC2)c1C. The number of nitrogens with one attached hydrogen (secondary N) is 1. The summed E-state index contributed by atoms with van der Waals surface area (Å²) in [6.45, 7) is 9.37. The Balaban J connectivity index is 1.74. The number of anilines is 1. The van der Waals surface area contributed by atoms with Gasteiger partial charge in [-0.05, 0) is 32.4 Å². The molecule has 2 heterocycles. The van der Waals surface area contributed by atoms with Gasteiger partial charge in [0.15, 0.2) is 0 Å². The van der Waals surface area contributed by atoms with Crippen LogP contribution in [0.25, 0.3) is 0 Å². The molecular weight excluding hydrogens is 304 g/mol. The van der Waals surface area contributed by atoms with Crippen molar-refractivity contribution in [3.8, 4) is 0 Å². The average Bonchev–Trinajstić information content (AvgIpc) is 2.86. The standard InChI is InChI=1S/C19H24N2O3/c1-13-14(2)24-15(3)18(13)19(22)20-12-16-6-4-5-7-17(16)21-8-10-23-11-9-21/h4-7H,8-12H2,1-3H3,(H,20,22). The van der Waals surface area contributed by atoms with E-state index in [9.17, 15) is 4.79 Å². The largest absolute Gasteiger partial charge is 0.466 e. The number of hydrogen-bond acceptors (Lipinski definition) is 4. The average molecular weight is 328 g/mol. The van der Waals surface area contributed by atoms with Crippen LogP contribution in [0.3, 0.4) is 0 Å². The van der Waals surface area contributed by atoms with E-state index in [0.717, 1.165) is 48.9 Å². The summed E-state index contributed by atoms with van der Waals surface area (Å²) in [5, 5.41) is 3.03. The fourth-order valence-electron chi connectivity index (χ4n) is 3.16. The van der Waals surface area contributed by atoms with Gasteiger partial charge in [0.25, 0.3) is 5.91 Å². The molecule has 1 aliphatic heterocycles. The van der Waals surface area contributed by atoms with Crippen LogP contribution in [0.15, 0.2) is 28.7 Å². The van der Waals surface area contributed by atoms with Gasteiger partial charge in [-0.2, -0.15) is 0 Å². The third-order valence-corrected chi connectivity index (χ3v) is 4.57. The number of amides is 1. The topological polar surface area (TPSA) is 54.7 Å². The monoisotopic (exact) mass is 328 g/mol. The number of ether oxygens (including phenoxy) is 1. The van der Waals surface area contributed by atoms with Crippen molar-refractivity contribution in [1.29, 1.82) is 0 Å². The number of para-hydroxylation sites is 1. The summed E-state index contributed by atoms with van der Waals surface area (Å²) in [6, 6.07) is 8.20. The lowest BCUT2D eigenvalue weighted by Crippen LogP contribution is -2.37. The molecule has 0 radical (unpaired) electrons. The normalized spacial score (nSPS) is 14.7. The first-order valence-electron chi connectivity index (χ1n) is 8.33. The maximum absolute atomic E-state index is 12.6. The molecule has 1 N–H and O–H groups in total. The van der Waals surface area contributed by atoms with E-state index in [2.05, 4.69) is 22.3 Å². The van der Waals surface area contributed by atoms with Crippen LogP contribution in [0.5, 0.6) is 0 Å². The van der Waals surface area contributed by atoms with E-state index >= 15 is 0 Å². The molecule has 2 aromatic rings. The second kappa shape index (κ2) is 7.09. The van der Waals surface area contributed by atoms with Crippen molar-refractivity contribution in [2.75, 3.05) is 31.2 Å². The van der Waals surface area contributed by atoms with Gasteiger partial charge in [-0.1, -0.05) is 18.2 Å². The molecule has 1 amide bonds. The van der Waals surface area contributed by atoms with Gasteiger partial charge in [0.1, 0.15) is 11.5 Å². The molecule has 128 valence electrons. The van der Waals surface area contributed by atoms with Crippen LogP contribution in [-0.4, -0.2) is 32.2 Å². The molecule has 24 heavy (non-hydrogen) atoms. The summed E-state index contributed by atoms with van der Waals surface area (Å²) in [4.78, 5) is 14.9. The second-order valence-electron chi connectivity index (χ2n) is 6.13. The van der Waals surface area contributed by atoms with E-state index in [-0.39, 0.29) is 5.91 Å². The van der Waals surface area contributed by atoms with Crippen molar-refractivity contribution in [1.82, 2.24) is 5.32 Å². The first-order valence-corrected chi connectivity index (χ1v) is 8.33. The van der Waals surface area contributed by atoms with Crippen molar-refractivity contribution in [2.45, 2.75) is 27.3 Å². The quantitative estimate of drug-likeness (QED) is 0.937. The summed E-state index contributed by atoms with van der Waals surface area (Å²) < 4.78 is 11.0. The number of hydrogen-bond donors (Lipinski definition) is 1. The van der Waals surface area contributed by atoms with Crippen LogP contribution in [0.4, 0.5) is 5.69 Å². The smallest absolute Gasteiger partial charge is 0.255 e. The lowest BCUT2D eigenvalue weighted by Gasteiger charge is -2.30. The lowest BCUT2D eigenvalue weighted by molar-refractivity contribution is 0.0948. The molecule has 3 rings (SSSR count). The summed E-state index contributed by atoms with van der Waals surface area (Å²) in [7, 11) is 0. The molecule has 1 saturated heterocycles. The van der Waals surface area contributed by atoms with Crippen LogP contribution in [0.1, 0.15) is 33.0 Å². The Morgan fingerprint density at radius 2 is 1.83 bits per heavy atom. The van der Waals surface area contributed by atoms with Gasteiger partial charge in [-0.25, -0.2) is 0 Å². The number of benzene rings is 1. The molecule has 0 bridgehead atoms. The Labute approximate surface area is 142 Å². The van der Waals surface area contributed by atoms with Crippen LogP contribution < -0.4 is 10.2 Å². The van der Waals surface area contributed by atoms with Crippen LogP contribution >= 0.6 is 0 Å². The molecule has 1 aliphatic rings. The van der Waals surface area contributed by atoms with Crippen molar-refractivity contribution in [2.24, 2.45) is 0 Å². The van der Waals surface area contributed by atoms with E-state index in [1.54, 1.807) is 0 Å². The highest BCUT2D eigenvalue weighted by molar-refractivity contribution is 5.96. The minimum Gasteiger partial charge on any atom is -0.466 e. The zero-order chi connectivity index (χ0) is 17.1. The van der Waals surface area contributed by atoms with E-state index < -0.39 is 0 Å². The van der Waals surface area contributed by atoms with Gasteiger partial charge in [-0.3, -0.25) is 4.79 Å². The van der Waals surface area contributed by atoms with Crippen LogP contribution in [-0.2, 0) is 11.3 Å². The van der Waals surface area contributed by atoms with Gasteiger partial charge in [0.05, 0.1) is 18.8 Å². The van der Waals surface area contributed by atoms with Gasteiger partial charge in [0.2, 0.25) is 0 Å². The van der Waals surface area contributed by atoms with E-state index in [4.69, 9.17) is 9.15 Å². The third-order valence-electron chi connectivity index (χ3n) is 4.57. The van der Waals surface area contributed by atoms with E-state index in [1.165, 1.54) is 0 Å². The van der Waals surface area contributed by atoms with Crippen LogP contribution in [0, 0.1) is 20.8 Å².